The molecule has 0 aliphatic carbocycles. The summed E-state index contributed by atoms with van der Waals surface area (Å²) >= 11 is 0. The highest BCUT2D eigenvalue weighted by atomic mass is 16.5. The van der Waals surface area contributed by atoms with Crippen molar-refractivity contribution < 1.29 is 9.53 Å². The minimum atomic E-state index is -0.426. The fourth-order valence-electron chi connectivity index (χ4n) is 3.04. The number of esters is 1. The molecule has 3 aromatic carbocycles. The molecule has 1 heterocycles. The van der Waals surface area contributed by atoms with Crippen molar-refractivity contribution in [2.45, 2.75) is 0 Å². The smallest absolute Gasteiger partial charge is 0.356 e. The highest BCUT2D eigenvalue weighted by molar-refractivity contribution is 6.04. The van der Waals surface area contributed by atoms with E-state index < -0.39 is 5.97 Å². The van der Waals surface area contributed by atoms with Crippen LogP contribution in [0.25, 0.3) is 32.8 Å². The number of rotatable bonds is 2. The maximum atomic E-state index is 11.8. The van der Waals surface area contributed by atoms with Gasteiger partial charge in [0.1, 0.15) is 5.69 Å². The zero-order valence-electron chi connectivity index (χ0n) is 13.2. The van der Waals surface area contributed by atoms with E-state index in [4.69, 9.17) is 4.74 Å². The third-order valence-electron chi connectivity index (χ3n) is 4.19. The first-order valence-corrected chi connectivity index (χ1v) is 7.74. The molecular weight excluding hydrogens is 298 g/mol. The number of carbonyl (C=O) groups is 1. The van der Waals surface area contributed by atoms with E-state index in [0.29, 0.717) is 5.69 Å². The second kappa shape index (κ2) is 5.78. The van der Waals surface area contributed by atoms with Gasteiger partial charge in [-0.1, -0.05) is 66.7 Å². The van der Waals surface area contributed by atoms with Crippen molar-refractivity contribution in [2.24, 2.45) is 0 Å². The average molecular weight is 313 g/mol. The maximum Gasteiger partial charge on any atom is 0.356 e. The molecule has 0 fully saturated rings. The van der Waals surface area contributed by atoms with Gasteiger partial charge >= 0.3 is 5.97 Å². The van der Waals surface area contributed by atoms with Crippen molar-refractivity contribution >= 4 is 27.6 Å². The van der Waals surface area contributed by atoms with Gasteiger partial charge in [0.15, 0.2) is 0 Å². The molecule has 3 heteroatoms. The SMILES string of the molecule is COC(=O)c1ccc2cccc(-c3cccc4ccccc34)c2n1. The summed E-state index contributed by atoms with van der Waals surface area (Å²) in [5.41, 5.74) is 3.23. The highest BCUT2D eigenvalue weighted by Crippen LogP contribution is 2.33. The first-order chi connectivity index (χ1) is 11.8. The first-order valence-electron chi connectivity index (χ1n) is 7.74. The van der Waals surface area contributed by atoms with Crippen LogP contribution in [0, 0.1) is 0 Å². The van der Waals surface area contributed by atoms with Crippen molar-refractivity contribution in [3.05, 3.63) is 78.5 Å². The third kappa shape index (κ3) is 2.31. The molecule has 0 radical (unpaired) electrons. The van der Waals surface area contributed by atoms with Crippen LogP contribution in [0.2, 0.25) is 0 Å². The highest BCUT2D eigenvalue weighted by Gasteiger charge is 2.12. The second-order valence-electron chi connectivity index (χ2n) is 5.59. The fraction of sp³-hybridized carbons (Fsp3) is 0.0476. The molecule has 0 aliphatic rings. The van der Waals surface area contributed by atoms with E-state index in [9.17, 15) is 4.79 Å². The average Bonchev–Trinajstić information content (AvgIpc) is 2.66. The number of para-hydroxylation sites is 1. The van der Waals surface area contributed by atoms with E-state index in [0.717, 1.165) is 27.4 Å². The predicted molar refractivity (Wildman–Crippen MR) is 96.0 cm³/mol. The van der Waals surface area contributed by atoms with Gasteiger partial charge in [-0.3, -0.25) is 0 Å². The summed E-state index contributed by atoms with van der Waals surface area (Å²) in [6, 6.07) is 24.1. The molecule has 0 aliphatic heterocycles. The van der Waals surface area contributed by atoms with Gasteiger partial charge in [0, 0.05) is 10.9 Å². The zero-order valence-corrected chi connectivity index (χ0v) is 13.2. The van der Waals surface area contributed by atoms with Crippen LogP contribution in [0.3, 0.4) is 0 Å². The molecule has 3 nitrogen and oxygen atoms in total. The summed E-state index contributed by atoms with van der Waals surface area (Å²) in [5.74, 6) is -0.426. The minimum absolute atomic E-state index is 0.317. The van der Waals surface area contributed by atoms with E-state index in [2.05, 4.69) is 29.2 Å². The Morgan fingerprint density at radius 2 is 1.50 bits per heavy atom. The lowest BCUT2D eigenvalue weighted by Crippen LogP contribution is -2.04. The quantitative estimate of drug-likeness (QED) is 0.497. The molecule has 1 aromatic heterocycles. The molecule has 4 aromatic rings. The summed E-state index contributed by atoms with van der Waals surface area (Å²) in [6.07, 6.45) is 0. The van der Waals surface area contributed by atoms with E-state index in [-0.39, 0.29) is 0 Å². The van der Waals surface area contributed by atoms with Crippen LogP contribution in [0.4, 0.5) is 0 Å². The molecular formula is C21H15NO2. The first kappa shape index (κ1) is 14.4. The zero-order chi connectivity index (χ0) is 16.5. The molecule has 0 amide bonds. The topological polar surface area (TPSA) is 39.2 Å². The van der Waals surface area contributed by atoms with E-state index in [1.54, 1.807) is 6.07 Å². The lowest BCUT2D eigenvalue weighted by atomic mass is 9.96. The molecule has 116 valence electrons. The molecule has 0 spiro atoms. The van der Waals surface area contributed by atoms with Crippen molar-refractivity contribution in [3.8, 4) is 11.1 Å². The summed E-state index contributed by atoms with van der Waals surface area (Å²) in [5, 5.41) is 3.34. The molecule has 4 rings (SSSR count). The molecule has 0 N–H and O–H groups in total. The number of nitrogens with zero attached hydrogens (tertiary/aromatic N) is 1. The van der Waals surface area contributed by atoms with Crippen molar-refractivity contribution in [2.75, 3.05) is 7.11 Å². The number of aromatic nitrogens is 1. The Kier molecular flexibility index (Phi) is 3.47. The second-order valence-corrected chi connectivity index (χ2v) is 5.59. The van der Waals surface area contributed by atoms with Gasteiger partial charge in [-0.2, -0.15) is 0 Å². The Morgan fingerprint density at radius 3 is 2.33 bits per heavy atom. The molecule has 0 saturated carbocycles. The lowest BCUT2D eigenvalue weighted by Gasteiger charge is -2.10. The number of hydrogen-bond acceptors (Lipinski definition) is 3. The van der Waals surface area contributed by atoms with Gasteiger partial charge < -0.3 is 4.74 Å². The normalized spacial score (nSPS) is 10.9. The van der Waals surface area contributed by atoms with Crippen LogP contribution in [0.15, 0.2) is 72.8 Å². The van der Waals surface area contributed by atoms with Crippen LogP contribution in [0.5, 0.6) is 0 Å². The molecule has 0 atom stereocenters. The maximum absolute atomic E-state index is 11.8. The van der Waals surface area contributed by atoms with E-state index >= 15 is 0 Å². The number of benzene rings is 3. The number of pyridine rings is 1. The largest absolute Gasteiger partial charge is 0.464 e. The molecule has 0 saturated heterocycles. The fourth-order valence-corrected chi connectivity index (χ4v) is 3.04. The van der Waals surface area contributed by atoms with Gasteiger partial charge in [-0.25, -0.2) is 9.78 Å². The van der Waals surface area contributed by atoms with Gasteiger partial charge in [0.05, 0.1) is 12.6 Å². The van der Waals surface area contributed by atoms with E-state index in [1.807, 2.05) is 42.5 Å². The number of ether oxygens (including phenoxy) is 1. The summed E-state index contributed by atoms with van der Waals surface area (Å²) < 4.78 is 4.80. The van der Waals surface area contributed by atoms with Gasteiger partial charge in [-0.15, -0.1) is 0 Å². The summed E-state index contributed by atoms with van der Waals surface area (Å²) in [7, 11) is 1.37. The van der Waals surface area contributed by atoms with Gasteiger partial charge in [-0.05, 0) is 22.4 Å². The molecule has 0 bridgehead atoms. The Hall–Kier alpha value is -3.20. The van der Waals surface area contributed by atoms with Crippen molar-refractivity contribution in [3.63, 3.8) is 0 Å². The van der Waals surface area contributed by atoms with Crippen molar-refractivity contribution in [1.29, 1.82) is 0 Å². The Bertz CT molecular complexity index is 1060. The standard InChI is InChI=1S/C21H15NO2/c1-24-21(23)19-13-12-15-8-5-11-18(20(15)22-19)17-10-4-7-14-6-2-3-9-16(14)17/h2-13H,1H3. The third-order valence-corrected chi connectivity index (χ3v) is 4.19. The number of carbonyl (C=O) groups excluding carboxylic acids is 1. The Balaban J connectivity index is 2.03. The number of hydrogen-bond donors (Lipinski definition) is 0. The number of methoxy groups -OCH3 is 1. The van der Waals surface area contributed by atoms with Crippen LogP contribution >= 0.6 is 0 Å². The Morgan fingerprint density at radius 1 is 0.792 bits per heavy atom. The summed E-state index contributed by atoms with van der Waals surface area (Å²) in [6.45, 7) is 0. The van der Waals surface area contributed by atoms with E-state index in [1.165, 1.54) is 12.5 Å². The Labute approximate surface area is 139 Å². The number of fused-ring (bicyclic) bond motifs is 2. The van der Waals surface area contributed by atoms with Gasteiger partial charge in [0.2, 0.25) is 0 Å². The predicted octanol–water partition coefficient (Wildman–Crippen LogP) is 4.84. The van der Waals surface area contributed by atoms with Crippen molar-refractivity contribution in [1.82, 2.24) is 4.98 Å². The monoisotopic (exact) mass is 313 g/mol. The minimum Gasteiger partial charge on any atom is -0.464 e. The van der Waals surface area contributed by atoms with Crippen LogP contribution in [0.1, 0.15) is 10.5 Å². The van der Waals surface area contributed by atoms with Crippen LogP contribution in [-0.4, -0.2) is 18.1 Å². The lowest BCUT2D eigenvalue weighted by molar-refractivity contribution is 0.0594. The summed E-state index contributed by atoms with van der Waals surface area (Å²) in [4.78, 5) is 16.4. The van der Waals surface area contributed by atoms with Gasteiger partial charge in [0.25, 0.3) is 0 Å². The molecule has 0 unspecified atom stereocenters. The van der Waals surface area contributed by atoms with Crippen LogP contribution < -0.4 is 0 Å². The molecule has 24 heavy (non-hydrogen) atoms. The van der Waals surface area contributed by atoms with Crippen LogP contribution in [-0.2, 0) is 4.74 Å².